The van der Waals surface area contributed by atoms with E-state index < -0.39 is 9.28 Å². The second-order valence-corrected chi connectivity index (χ2v) is 8.33. The maximum absolute atomic E-state index is 5.96. The van der Waals surface area contributed by atoms with Crippen molar-refractivity contribution < 1.29 is 13.6 Å². The monoisotopic (exact) mass is 246 g/mol. The lowest BCUT2D eigenvalue weighted by molar-refractivity contribution is -0.171. The molecule has 1 aliphatic heterocycles. The van der Waals surface area contributed by atoms with Gasteiger partial charge in [0.2, 0.25) is 0 Å². The first-order valence-corrected chi connectivity index (χ1v) is 7.93. The smallest absolute Gasteiger partial charge is 0.323 e. The maximum Gasteiger partial charge on any atom is 0.323 e. The van der Waals surface area contributed by atoms with Gasteiger partial charge in [0.05, 0.1) is 5.60 Å². The van der Waals surface area contributed by atoms with Gasteiger partial charge in [-0.25, -0.2) is 0 Å². The third kappa shape index (κ3) is 5.99. The predicted molar refractivity (Wildman–Crippen MR) is 67.7 cm³/mol. The van der Waals surface area contributed by atoms with E-state index in [0.717, 1.165) is 18.9 Å². The zero-order valence-corrected chi connectivity index (χ0v) is 12.7. The van der Waals surface area contributed by atoms with Crippen molar-refractivity contribution in [2.75, 3.05) is 0 Å². The molecule has 0 bridgehead atoms. The van der Waals surface area contributed by atoms with E-state index in [-0.39, 0.29) is 17.5 Å². The minimum atomic E-state index is -1.52. The topological polar surface area (TPSA) is 27.7 Å². The summed E-state index contributed by atoms with van der Waals surface area (Å²) < 4.78 is 17.7. The van der Waals surface area contributed by atoms with Gasteiger partial charge in [0.15, 0.2) is 0 Å². The molecule has 1 rings (SSSR count). The highest BCUT2D eigenvalue weighted by Crippen LogP contribution is 2.25. The van der Waals surface area contributed by atoms with Gasteiger partial charge in [-0.2, -0.15) is 0 Å². The van der Waals surface area contributed by atoms with E-state index in [4.69, 9.17) is 13.6 Å². The third-order valence-corrected chi connectivity index (χ3v) is 4.61. The Bertz CT molecular complexity index is 195. The molecule has 2 atom stereocenters. The highest BCUT2D eigenvalue weighted by molar-refractivity contribution is 6.44. The summed E-state index contributed by atoms with van der Waals surface area (Å²) >= 11 is 0. The summed E-state index contributed by atoms with van der Waals surface area (Å²) in [6, 6.07) is 1.10. The molecule has 1 heterocycles. The normalized spacial score (nSPS) is 28.1. The van der Waals surface area contributed by atoms with Crippen LogP contribution in [0, 0.1) is 0 Å². The molecule has 0 amide bonds. The molecule has 0 N–H and O–H groups in total. The third-order valence-electron chi connectivity index (χ3n) is 2.15. The molecule has 1 saturated heterocycles. The van der Waals surface area contributed by atoms with E-state index in [1.807, 2.05) is 0 Å². The van der Waals surface area contributed by atoms with Gasteiger partial charge in [0, 0.05) is 5.60 Å². The average molecular weight is 246 g/mol. The molecule has 0 aromatic heterocycles. The largest absolute Gasteiger partial charge is 0.391 e. The Morgan fingerprint density at radius 1 is 1.06 bits per heavy atom. The van der Waals surface area contributed by atoms with Crippen LogP contribution in [0.25, 0.3) is 0 Å². The Morgan fingerprint density at radius 3 is 2.19 bits per heavy atom. The Balaban J connectivity index is 2.41. The fraction of sp³-hybridized carbons (Fsp3) is 1.00. The zero-order valence-electron chi connectivity index (χ0n) is 11.5. The van der Waals surface area contributed by atoms with Gasteiger partial charge in [-0.15, -0.1) is 0 Å². The predicted octanol–water partition coefficient (Wildman–Crippen LogP) is 2.97. The van der Waals surface area contributed by atoms with Crippen molar-refractivity contribution in [3.8, 4) is 0 Å². The summed E-state index contributed by atoms with van der Waals surface area (Å²) in [6.45, 7) is 12.4. The minimum Gasteiger partial charge on any atom is -0.391 e. The first kappa shape index (κ1) is 14.2. The Hall–Kier alpha value is 0.0969. The second kappa shape index (κ2) is 5.17. The summed E-state index contributed by atoms with van der Waals surface area (Å²) in [5, 5.41) is 0. The molecule has 96 valence electrons. The van der Waals surface area contributed by atoms with Gasteiger partial charge in [0.25, 0.3) is 0 Å². The van der Waals surface area contributed by atoms with Crippen LogP contribution in [0.1, 0.15) is 54.4 Å². The molecule has 1 fully saturated rings. The quantitative estimate of drug-likeness (QED) is 0.701. The van der Waals surface area contributed by atoms with Crippen molar-refractivity contribution in [1.29, 1.82) is 0 Å². The number of hydrogen-bond acceptors (Lipinski definition) is 3. The molecule has 0 spiro atoms. The first-order chi connectivity index (χ1) is 7.16. The van der Waals surface area contributed by atoms with Gasteiger partial charge >= 0.3 is 9.28 Å². The van der Waals surface area contributed by atoms with Crippen LogP contribution in [0.4, 0.5) is 0 Å². The fourth-order valence-corrected chi connectivity index (χ4v) is 3.92. The summed E-state index contributed by atoms with van der Waals surface area (Å²) in [4.78, 5) is 0. The molecule has 2 unspecified atom stereocenters. The molecular weight excluding hydrogens is 220 g/mol. The van der Waals surface area contributed by atoms with E-state index in [9.17, 15) is 0 Å². The molecule has 0 aliphatic carbocycles. The number of hydrogen-bond donors (Lipinski definition) is 0. The van der Waals surface area contributed by atoms with Gasteiger partial charge < -0.3 is 13.6 Å². The average Bonchev–Trinajstić information content (AvgIpc) is 1.96. The van der Waals surface area contributed by atoms with Crippen LogP contribution >= 0.6 is 0 Å². The Labute approximate surface area is 101 Å². The lowest BCUT2D eigenvalue weighted by atomic mass is 10.2. The van der Waals surface area contributed by atoms with E-state index >= 15 is 0 Å². The standard InChI is InChI=1S/C12H26O3Si/c1-11(2,3)13-10-8-7-9-16(14-10)15-12(4,5)6/h10,16H,7-9H2,1-6H3. The summed E-state index contributed by atoms with van der Waals surface area (Å²) in [5.74, 6) is 0. The fourth-order valence-electron chi connectivity index (χ4n) is 1.72. The van der Waals surface area contributed by atoms with Crippen LogP contribution in [0.15, 0.2) is 0 Å². The molecular formula is C12H26O3Si. The van der Waals surface area contributed by atoms with Crippen LogP contribution in [0.2, 0.25) is 6.04 Å². The lowest BCUT2D eigenvalue weighted by Gasteiger charge is -2.36. The van der Waals surface area contributed by atoms with E-state index in [2.05, 4.69) is 41.5 Å². The molecule has 0 aromatic carbocycles. The van der Waals surface area contributed by atoms with Crippen LogP contribution in [-0.4, -0.2) is 26.8 Å². The highest BCUT2D eigenvalue weighted by atomic mass is 28.3. The second-order valence-electron chi connectivity index (χ2n) is 6.39. The molecule has 0 saturated carbocycles. The summed E-state index contributed by atoms with van der Waals surface area (Å²) in [6.07, 6.45) is 2.09. The van der Waals surface area contributed by atoms with Gasteiger partial charge in [-0.1, -0.05) is 0 Å². The molecule has 0 radical (unpaired) electrons. The number of ether oxygens (including phenoxy) is 1. The van der Waals surface area contributed by atoms with Crippen LogP contribution in [-0.2, 0) is 13.6 Å². The van der Waals surface area contributed by atoms with Crippen molar-refractivity contribution >= 4 is 9.28 Å². The molecule has 16 heavy (non-hydrogen) atoms. The minimum absolute atomic E-state index is 0.0623. The van der Waals surface area contributed by atoms with Crippen molar-refractivity contribution in [2.45, 2.75) is 77.9 Å². The van der Waals surface area contributed by atoms with E-state index in [0.29, 0.717) is 0 Å². The highest BCUT2D eigenvalue weighted by Gasteiger charge is 2.31. The zero-order chi connectivity index (χ0) is 12.4. The first-order valence-electron chi connectivity index (χ1n) is 6.17. The van der Waals surface area contributed by atoms with Crippen molar-refractivity contribution in [1.82, 2.24) is 0 Å². The van der Waals surface area contributed by atoms with Crippen molar-refractivity contribution in [3.05, 3.63) is 0 Å². The van der Waals surface area contributed by atoms with Crippen LogP contribution in [0.5, 0.6) is 0 Å². The summed E-state index contributed by atoms with van der Waals surface area (Å²) in [5.41, 5.74) is -0.233. The van der Waals surface area contributed by atoms with Crippen LogP contribution < -0.4 is 0 Å². The van der Waals surface area contributed by atoms with Gasteiger partial charge in [0.1, 0.15) is 6.29 Å². The Morgan fingerprint density at radius 2 is 1.69 bits per heavy atom. The van der Waals surface area contributed by atoms with E-state index in [1.54, 1.807) is 0 Å². The lowest BCUT2D eigenvalue weighted by Crippen LogP contribution is -2.42. The molecule has 4 heteroatoms. The van der Waals surface area contributed by atoms with E-state index in [1.165, 1.54) is 0 Å². The SMILES string of the molecule is CC(C)(C)OC1CCC[SiH](OC(C)(C)C)O1. The number of rotatable bonds is 2. The maximum atomic E-state index is 5.96. The van der Waals surface area contributed by atoms with Crippen molar-refractivity contribution in [2.24, 2.45) is 0 Å². The Kier molecular flexibility index (Phi) is 4.57. The van der Waals surface area contributed by atoms with Crippen LogP contribution in [0.3, 0.4) is 0 Å². The molecule has 0 aromatic rings. The van der Waals surface area contributed by atoms with Crippen molar-refractivity contribution in [3.63, 3.8) is 0 Å². The molecule has 3 nitrogen and oxygen atoms in total. The van der Waals surface area contributed by atoms with Gasteiger partial charge in [-0.3, -0.25) is 0 Å². The molecule has 1 aliphatic rings. The van der Waals surface area contributed by atoms with Gasteiger partial charge in [-0.05, 0) is 60.4 Å². The summed E-state index contributed by atoms with van der Waals surface area (Å²) in [7, 11) is -1.52.